The zero-order valence-corrected chi connectivity index (χ0v) is 13.2. The van der Waals surface area contributed by atoms with Crippen LogP contribution in [-0.4, -0.2) is 32.2 Å². The Morgan fingerprint density at radius 2 is 2.05 bits per heavy atom. The summed E-state index contributed by atoms with van der Waals surface area (Å²) in [5.74, 6) is 0.448. The Morgan fingerprint density at radius 3 is 2.47 bits per heavy atom. The van der Waals surface area contributed by atoms with E-state index in [0.717, 1.165) is 26.0 Å². The zero-order chi connectivity index (χ0) is 13.6. The molecule has 0 bridgehead atoms. The first-order valence-corrected chi connectivity index (χ1v) is 7.01. The minimum Gasteiger partial charge on any atom is -0.385 e. The van der Waals surface area contributed by atoms with E-state index in [1.54, 1.807) is 7.11 Å². The molecule has 1 aliphatic carbocycles. The van der Waals surface area contributed by atoms with Crippen LogP contribution in [0.15, 0.2) is 0 Å². The zero-order valence-electron chi connectivity index (χ0n) is 12.4. The molecule has 0 spiro atoms. The molecule has 3 N–H and O–H groups in total. The first kappa shape index (κ1) is 18.7. The molecule has 0 aromatic rings. The topological polar surface area (TPSA) is 64.3 Å². The van der Waals surface area contributed by atoms with Gasteiger partial charge in [-0.15, -0.1) is 12.4 Å². The molecule has 4 nitrogen and oxygen atoms in total. The Hall–Kier alpha value is -0.320. The molecule has 0 unspecified atom stereocenters. The SMILES string of the molecule is COCCC1(CNC(=O)[C@@H](N)CC(C)C)CCC1.Cl. The van der Waals surface area contributed by atoms with Gasteiger partial charge in [0.15, 0.2) is 0 Å². The fourth-order valence-electron chi connectivity index (χ4n) is 2.53. The number of halogens is 1. The highest BCUT2D eigenvalue weighted by atomic mass is 35.5. The predicted molar refractivity (Wildman–Crippen MR) is 80.5 cm³/mol. The maximum absolute atomic E-state index is 11.9. The highest BCUT2D eigenvalue weighted by molar-refractivity contribution is 5.85. The molecule has 1 saturated carbocycles. The van der Waals surface area contributed by atoms with Crippen LogP contribution >= 0.6 is 12.4 Å². The Balaban J connectivity index is 0.00000324. The fraction of sp³-hybridized carbons (Fsp3) is 0.929. The van der Waals surface area contributed by atoms with Gasteiger partial charge in [0.25, 0.3) is 0 Å². The van der Waals surface area contributed by atoms with Gasteiger partial charge in [-0.3, -0.25) is 4.79 Å². The van der Waals surface area contributed by atoms with Gasteiger partial charge >= 0.3 is 0 Å². The third-order valence-electron chi connectivity index (χ3n) is 3.95. The molecule has 5 heteroatoms. The Morgan fingerprint density at radius 1 is 1.42 bits per heavy atom. The highest BCUT2D eigenvalue weighted by Gasteiger charge is 2.36. The largest absolute Gasteiger partial charge is 0.385 e. The van der Waals surface area contributed by atoms with Crippen molar-refractivity contribution in [3.63, 3.8) is 0 Å². The van der Waals surface area contributed by atoms with Crippen molar-refractivity contribution in [3.8, 4) is 0 Å². The normalized spacial score (nSPS) is 18.4. The van der Waals surface area contributed by atoms with E-state index in [1.165, 1.54) is 19.3 Å². The van der Waals surface area contributed by atoms with Crippen molar-refractivity contribution >= 4 is 18.3 Å². The third-order valence-corrected chi connectivity index (χ3v) is 3.95. The molecule has 0 aliphatic heterocycles. The van der Waals surface area contributed by atoms with Gasteiger partial charge < -0.3 is 15.8 Å². The van der Waals surface area contributed by atoms with Crippen LogP contribution < -0.4 is 11.1 Å². The van der Waals surface area contributed by atoms with Crippen molar-refractivity contribution in [2.45, 2.75) is 52.0 Å². The summed E-state index contributed by atoms with van der Waals surface area (Å²) >= 11 is 0. The quantitative estimate of drug-likeness (QED) is 0.720. The van der Waals surface area contributed by atoms with Crippen LogP contribution in [0.4, 0.5) is 0 Å². The van der Waals surface area contributed by atoms with Gasteiger partial charge in [-0.25, -0.2) is 0 Å². The van der Waals surface area contributed by atoms with E-state index in [0.29, 0.717) is 5.92 Å². The van der Waals surface area contributed by atoms with Crippen molar-refractivity contribution in [2.75, 3.05) is 20.3 Å². The van der Waals surface area contributed by atoms with Gasteiger partial charge in [0.2, 0.25) is 5.91 Å². The van der Waals surface area contributed by atoms with Crippen LogP contribution in [0.2, 0.25) is 0 Å². The van der Waals surface area contributed by atoms with E-state index < -0.39 is 0 Å². The number of ether oxygens (including phenoxy) is 1. The molecule has 1 amide bonds. The van der Waals surface area contributed by atoms with Crippen molar-refractivity contribution in [2.24, 2.45) is 17.1 Å². The summed E-state index contributed by atoms with van der Waals surface area (Å²) in [5.41, 5.74) is 6.14. The molecule has 19 heavy (non-hydrogen) atoms. The van der Waals surface area contributed by atoms with Crippen LogP contribution in [-0.2, 0) is 9.53 Å². The first-order chi connectivity index (χ1) is 8.49. The van der Waals surface area contributed by atoms with Crippen LogP contribution in [0.25, 0.3) is 0 Å². The van der Waals surface area contributed by atoms with E-state index in [-0.39, 0.29) is 29.8 Å². The minimum absolute atomic E-state index is 0. The van der Waals surface area contributed by atoms with Crippen molar-refractivity contribution in [1.29, 1.82) is 0 Å². The summed E-state index contributed by atoms with van der Waals surface area (Å²) in [6.07, 6.45) is 5.42. The molecular weight excluding hydrogens is 264 g/mol. The number of rotatable bonds is 8. The average molecular weight is 293 g/mol. The second kappa shape index (κ2) is 8.77. The number of carbonyl (C=O) groups excluding carboxylic acids is 1. The van der Waals surface area contributed by atoms with E-state index in [4.69, 9.17) is 10.5 Å². The summed E-state index contributed by atoms with van der Waals surface area (Å²) in [6.45, 7) is 5.69. The van der Waals surface area contributed by atoms with Crippen LogP contribution in [0, 0.1) is 11.3 Å². The lowest BCUT2D eigenvalue weighted by Gasteiger charge is -2.42. The van der Waals surface area contributed by atoms with Crippen LogP contribution in [0.5, 0.6) is 0 Å². The summed E-state index contributed by atoms with van der Waals surface area (Å²) < 4.78 is 5.14. The minimum atomic E-state index is -0.371. The maximum atomic E-state index is 11.9. The fourth-order valence-corrected chi connectivity index (χ4v) is 2.53. The standard InChI is InChI=1S/C14H28N2O2.ClH/c1-11(2)9-12(15)13(17)16-10-14(5-4-6-14)7-8-18-3;/h11-12H,4-10,15H2,1-3H3,(H,16,17);1H/t12-;/m0./s1. The Bertz CT molecular complexity index is 268. The molecule has 1 atom stereocenters. The predicted octanol–water partition coefficient (Wildman–Crippen LogP) is 2.10. The number of hydrogen-bond acceptors (Lipinski definition) is 3. The summed E-state index contributed by atoms with van der Waals surface area (Å²) in [4.78, 5) is 11.9. The summed E-state index contributed by atoms with van der Waals surface area (Å²) in [5, 5.41) is 3.02. The number of amides is 1. The average Bonchev–Trinajstić information content (AvgIpc) is 2.26. The molecule has 0 aromatic carbocycles. The highest BCUT2D eigenvalue weighted by Crippen LogP contribution is 2.43. The molecule has 1 aliphatic rings. The van der Waals surface area contributed by atoms with Gasteiger partial charge in [0.05, 0.1) is 6.04 Å². The molecular formula is C14H29ClN2O2. The lowest BCUT2D eigenvalue weighted by Crippen LogP contribution is -2.48. The summed E-state index contributed by atoms with van der Waals surface area (Å²) in [7, 11) is 1.73. The number of hydrogen-bond donors (Lipinski definition) is 2. The van der Waals surface area contributed by atoms with Crippen molar-refractivity contribution < 1.29 is 9.53 Å². The first-order valence-electron chi connectivity index (χ1n) is 7.01. The van der Waals surface area contributed by atoms with E-state index in [2.05, 4.69) is 19.2 Å². The lowest BCUT2D eigenvalue weighted by atomic mass is 9.66. The summed E-state index contributed by atoms with van der Waals surface area (Å²) in [6, 6.07) is -0.371. The monoisotopic (exact) mass is 292 g/mol. The number of methoxy groups -OCH3 is 1. The van der Waals surface area contributed by atoms with Crippen molar-refractivity contribution in [3.05, 3.63) is 0 Å². The Labute approximate surface area is 123 Å². The van der Waals surface area contributed by atoms with Gasteiger partial charge in [-0.1, -0.05) is 20.3 Å². The molecule has 0 heterocycles. The van der Waals surface area contributed by atoms with Gasteiger partial charge in [0, 0.05) is 20.3 Å². The second-order valence-electron chi connectivity index (χ2n) is 6.05. The molecule has 0 saturated heterocycles. The van der Waals surface area contributed by atoms with Gasteiger partial charge in [-0.2, -0.15) is 0 Å². The van der Waals surface area contributed by atoms with Crippen LogP contribution in [0.3, 0.4) is 0 Å². The number of nitrogens with one attached hydrogen (secondary N) is 1. The van der Waals surface area contributed by atoms with Crippen LogP contribution in [0.1, 0.15) is 46.0 Å². The number of carbonyl (C=O) groups is 1. The lowest BCUT2D eigenvalue weighted by molar-refractivity contribution is -0.123. The van der Waals surface area contributed by atoms with E-state index >= 15 is 0 Å². The third kappa shape index (κ3) is 6.11. The Kier molecular flexibility index (Phi) is 8.62. The maximum Gasteiger partial charge on any atom is 0.236 e. The van der Waals surface area contributed by atoms with E-state index in [9.17, 15) is 4.79 Å². The molecule has 114 valence electrons. The molecule has 0 radical (unpaired) electrons. The van der Waals surface area contributed by atoms with Gasteiger partial charge in [0.1, 0.15) is 0 Å². The smallest absolute Gasteiger partial charge is 0.236 e. The van der Waals surface area contributed by atoms with Gasteiger partial charge in [-0.05, 0) is 37.0 Å². The molecule has 0 aromatic heterocycles. The molecule has 1 fully saturated rings. The van der Waals surface area contributed by atoms with E-state index in [1.807, 2.05) is 0 Å². The second-order valence-corrected chi connectivity index (χ2v) is 6.05. The van der Waals surface area contributed by atoms with Crippen molar-refractivity contribution in [1.82, 2.24) is 5.32 Å². The number of nitrogens with two attached hydrogens (primary N) is 1. The molecule has 1 rings (SSSR count).